The Balaban J connectivity index is 2.38. The first-order valence-corrected chi connectivity index (χ1v) is 5.24. The van der Waals surface area contributed by atoms with Crippen LogP contribution in [-0.2, 0) is 19.0 Å². The average Bonchev–Trinajstić information content (AvgIpc) is 2.23. The zero-order chi connectivity index (χ0) is 10.9. The first kappa shape index (κ1) is 9.74. The molecule has 0 amide bonds. The zero-order valence-corrected chi connectivity index (χ0v) is 8.22. The number of hydrogen-bond acceptors (Lipinski definition) is 7. The molecule has 0 spiro atoms. The standard InChI is InChI=1S/C7H7N3O4S/c8-7-9-13-15(11,12)14-10(7)6-4-2-1-3-5-6/h1-5H,(H2,8,9). The number of nitrogens with zero attached hydrogens (tertiary/aromatic N) is 2. The van der Waals surface area contributed by atoms with Gasteiger partial charge in [-0.3, -0.25) is 0 Å². The van der Waals surface area contributed by atoms with Gasteiger partial charge >= 0.3 is 10.4 Å². The van der Waals surface area contributed by atoms with E-state index in [1.807, 2.05) is 0 Å². The van der Waals surface area contributed by atoms with Crippen molar-refractivity contribution < 1.29 is 17.0 Å². The minimum atomic E-state index is -4.15. The van der Waals surface area contributed by atoms with Crippen LogP contribution in [0, 0.1) is 0 Å². The molecule has 1 aliphatic heterocycles. The average molecular weight is 229 g/mol. The lowest BCUT2D eigenvalue weighted by Crippen LogP contribution is -2.42. The number of oxime groups is 1. The van der Waals surface area contributed by atoms with Crippen molar-refractivity contribution in [1.29, 1.82) is 0 Å². The monoisotopic (exact) mass is 229 g/mol. The van der Waals surface area contributed by atoms with Gasteiger partial charge in [0.1, 0.15) is 0 Å². The van der Waals surface area contributed by atoms with Crippen molar-refractivity contribution in [3.63, 3.8) is 0 Å². The van der Waals surface area contributed by atoms with Crippen LogP contribution in [0.4, 0.5) is 5.69 Å². The van der Waals surface area contributed by atoms with E-state index in [-0.39, 0.29) is 5.96 Å². The van der Waals surface area contributed by atoms with Crippen molar-refractivity contribution in [2.75, 3.05) is 5.06 Å². The second-order valence-corrected chi connectivity index (χ2v) is 3.75. The minimum absolute atomic E-state index is 0.198. The Bertz CT molecular complexity index is 484. The fourth-order valence-electron chi connectivity index (χ4n) is 1.00. The van der Waals surface area contributed by atoms with Crippen molar-refractivity contribution in [3.8, 4) is 0 Å². The first-order chi connectivity index (χ1) is 7.08. The Morgan fingerprint density at radius 1 is 1.27 bits per heavy atom. The number of para-hydroxylation sites is 1. The second-order valence-electron chi connectivity index (χ2n) is 2.64. The van der Waals surface area contributed by atoms with Gasteiger partial charge in [-0.25, -0.2) is 4.28 Å². The third kappa shape index (κ3) is 2.00. The number of benzene rings is 1. The molecule has 1 aromatic carbocycles. The highest BCUT2D eigenvalue weighted by Crippen LogP contribution is 2.18. The molecule has 15 heavy (non-hydrogen) atoms. The van der Waals surface area contributed by atoms with Gasteiger partial charge in [-0.05, 0) is 17.3 Å². The predicted molar refractivity (Wildman–Crippen MR) is 51.6 cm³/mol. The van der Waals surface area contributed by atoms with Crippen molar-refractivity contribution in [3.05, 3.63) is 30.3 Å². The van der Waals surface area contributed by atoms with Crippen LogP contribution in [0.15, 0.2) is 35.5 Å². The summed E-state index contributed by atoms with van der Waals surface area (Å²) >= 11 is 0. The topological polar surface area (TPSA) is 94.2 Å². The lowest BCUT2D eigenvalue weighted by molar-refractivity contribution is 0.202. The Labute approximate surface area is 86.0 Å². The molecule has 0 saturated heterocycles. The van der Waals surface area contributed by atoms with E-state index in [9.17, 15) is 8.42 Å². The smallest absolute Gasteiger partial charge is 0.365 e. The van der Waals surface area contributed by atoms with Gasteiger partial charge < -0.3 is 5.73 Å². The number of hydroxylamine groups is 1. The van der Waals surface area contributed by atoms with Crippen LogP contribution in [0.5, 0.6) is 0 Å². The quantitative estimate of drug-likeness (QED) is 0.724. The van der Waals surface area contributed by atoms with Gasteiger partial charge in [-0.2, -0.15) is 13.5 Å². The summed E-state index contributed by atoms with van der Waals surface area (Å²) in [6.07, 6.45) is 0. The molecule has 0 unspecified atom stereocenters. The zero-order valence-electron chi connectivity index (χ0n) is 7.40. The van der Waals surface area contributed by atoms with E-state index in [0.717, 1.165) is 5.06 Å². The van der Waals surface area contributed by atoms with Crippen LogP contribution < -0.4 is 10.8 Å². The summed E-state index contributed by atoms with van der Waals surface area (Å²) in [5.41, 5.74) is 5.83. The van der Waals surface area contributed by atoms with E-state index in [1.165, 1.54) is 0 Å². The molecule has 0 aromatic heterocycles. The molecule has 7 nitrogen and oxygen atoms in total. The van der Waals surface area contributed by atoms with Gasteiger partial charge in [-0.1, -0.05) is 18.2 Å². The van der Waals surface area contributed by atoms with E-state index in [4.69, 9.17) is 5.73 Å². The molecule has 2 N–H and O–H groups in total. The van der Waals surface area contributed by atoms with E-state index >= 15 is 0 Å². The van der Waals surface area contributed by atoms with E-state index < -0.39 is 10.4 Å². The summed E-state index contributed by atoms with van der Waals surface area (Å²) in [5.74, 6) is -0.198. The van der Waals surface area contributed by atoms with Crippen LogP contribution in [-0.4, -0.2) is 14.4 Å². The van der Waals surface area contributed by atoms with Gasteiger partial charge in [0.15, 0.2) is 0 Å². The third-order valence-electron chi connectivity index (χ3n) is 1.59. The summed E-state index contributed by atoms with van der Waals surface area (Å²) in [7, 11) is -4.15. The highest BCUT2D eigenvalue weighted by molar-refractivity contribution is 7.82. The molecule has 2 rings (SSSR count). The van der Waals surface area contributed by atoms with E-state index in [0.29, 0.717) is 5.69 Å². The van der Waals surface area contributed by atoms with Gasteiger partial charge in [0.25, 0.3) is 5.96 Å². The predicted octanol–water partition coefficient (Wildman–Crippen LogP) is -0.0707. The van der Waals surface area contributed by atoms with Crippen LogP contribution >= 0.6 is 0 Å². The van der Waals surface area contributed by atoms with Crippen LogP contribution in [0.1, 0.15) is 0 Å². The fraction of sp³-hybridized carbons (Fsp3) is 0. The Hall–Kier alpha value is -1.80. The Kier molecular flexibility index (Phi) is 2.21. The minimum Gasteiger partial charge on any atom is -0.365 e. The summed E-state index contributed by atoms with van der Waals surface area (Å²) in [4.78, 5) is 0. The Morgan fingerprint density at radius 2 is 1.93 bits per heavy atom. The molecule has 0 bridgehead atoms. The molecule has 1 heterocycles. The van der Waals surface area contributed by atoms with Crippen LogP contribution in [0.2, 0.25) is 0 Å². The summed E-state index contributed by atoms with van der Waals surface area (Å²) in [5, 5.41) is 4.01. The van der Waals surface area contributed by atoms with Crippen molar-refractivity contribution in [1.82, 2.24) is 0 Å². The largest absolute Gasteiger partial charge is 0.491 e. The number of rotatable bonds is 1. The van der Waals surface area contributed by atoms with Crippen LogP contribution in [0.25, 0.3) is 0 Å². The van der Waals surface area contributed by atoms with Crippen molar-refractivity contribution in [2.24, 2.45) is 10.9 Å². The lowest BCUT2D eigenvalue weighted by atomic mass is 10.3. The lowest BCUT2D eigenvalue weighted by Gasteiger charge is -2.22. The molecule has 1 aromatic rings. The molecule has 0 radical (unpaired) electrons. The fourth-order valence-corrected chi connectivity index (χ4v) is 1.54. The normalized spacial score (nSPS) is 19.2. The van der Waals surface area contributed by atoms with Gasteiger partial charge in [-0.15, -0.1) is 4.28 Å². The molecule has 0 aliphatic carbocycles. The maximum atomic E-state index is 10.9. The molecular formula is C7H7N3O4S. The van der Waals surface area contributed by atoms with Crippen molar-refractivity contribution >= 4 is 22.0 Å². The third-order valence-corrected chi connectivity index (χ3v) is 2.18. The highest BCUT2D eigenvalue weighted by Gasteiger charge is 2.28. The second kappa shape index (κ2) is 3.41. The summed E-state index contributed by atoms with van der Waals surface area (Å²) in [6.45, 7) is 0. The molecule has 8 heteroatoms. The molecule has 0 fully saturated rings. The number of nitrogens with two attached hydrogens (primary N) is 1. The van der Waals surface area contributed by atoms with E-state index in [2.05, 4.69) is 13.7 Å². The maximum Gasteiger partial charge on any atom is 0.491 e. The van der Waals surface area contributed by atoms with E-state index in [1.54, 1.807) is 30.3 Å². The van der Waals surface area contributed by atoms with Gasteiger partial charge in [0.05, 0.1) is 5.69 Å². The van der Waals surface area contributed by atoms with Crippen molar-refractivity contribution in [2.45, 2.75) is 0 Å². The molecule has 0 saturated carbocycles. The maximum absolute atomic E-state index is 10.9. The SMILES string of the molecule is NC1=NOS(=O)(=O)ON1c1ccccc1. The molecule has 80 valence electrons. The first-order valence-electron chi connectivity index (χ1n) is 3.90. The molecular weight excluding hydrogens is 222 g/mol. The molecule has 1 aliphatic rings. The summed E-state index contributed by atoms with van der Waals surface area (Å²) < 4.78 is 30.4. The van der Waals surface area contributed by atoms with Gasteiger partial charge in [0, 0.05) is 0 Å². The molecule has 0 atom stereocenters. The number of hydrogen-bond donors (Lipinski definition) is 1. The Morgan fingerprint density at radius 3 is 2.60 bits per heavy atom. The van der Waals surface area contributed by atoms with Gasteiger partial charge in [0.2, 0.25) is 0 Å². The number of guanidine groups is 1. The van der Waals surface area contributed by atoms with Crippen LogP contribution in [0.3, 0.4) is 0 Å². The highest BCUT2D eigenvalue weighted by atomic mass is 32.3. The summed E-state index contributed by atoms with van der Waals surface area (Å²) in [6, 6.07) is 8.40. The number of anilines is 1.